The molecule has 0 unspecified atom stereocenters. The van der Waals surface area contributed by atoms with E-state index in [-0.39, 0.29) is 35.2 Å². The predicted octanol–water partition coefficient (Wildman–Crippen LogP) is 4.51. The van der Waals surface area contributed by atoms with E-state index in [1.54, 1.807) is 12.2 Å². The fourth-order valence-corrected chi connectivity index (χ4v) is 6.81. The Bertz CT molecular complexity index is 832. The molecule has 4 aliphatic carbocycles. The molecular weight excluding hydrogens is 352 g/mol. The summed E-state index contributed by atoms with van der Waals surface area (Å²) in [6, 6.07) is 0. The molecule has 0 amide bonds. The first-order chi connectivity index (χ1) is 13.2. The summed E-state index contributed by atoms with van der Waals surface area (Å²) in [6.45, 7) is 6.40. The number of allylic oxidation sites excluding steroid dienone is 6. The highest BCUT2D eigenvalue weighted by Gasteiger charge is 2.59. The molecule has 4 aliphatic rings. The van der Waals surface area contributed by atoms with Gasteiger partial charge in [-0.15, -0.1) is 0 Å². The number of carboxylic acid groups (broad SMARTS) is 1. The lowest BCUT2D eigenvalue weighted by Crippen LogP contribution is -2.49. The van der Waals surface area contributed by atoms with E-state index in [1.807, 2.05) is 12.2 Å². The summed E-state index contributed by atoms with van der Waals surface area (Å²) in [6.07, 6.45) is 12.1. The molecule has 0 saturated heterocycles. The van der Waals surface area contributed by atoms with Crippen molar-refractivity contribution in [3.63, 3.8) is 0 Å². The first-order valence-corrected chi connectivity index (χ1v) is 10.6. The van der Waals surface area contributed by atoms with Crippen LogP contribution in [0.5, 0.6) is 0 Å². The fraction of sp³-hybridized carbons (Fsp3) is 0.625. The zero-order valence-corrected chi connectivity index (χ0v) is 17.0. The molecule has 28 heavy (non-hydrogen) atoms. The van der Waals surface area contributed by atoms with Crippen LogP contribution in [0.2, 0.25) is 0 Å². The van der Waals surface area contributed by atoms with Crippen LogP contribution in [0, 0.1) is 34.5 Å². The normalized spacial score (nSPS) is 40.2. The van der Waals surface area contributed by atoms with Crippen LogP contribution >= 0.6 is 0 Å². The maximum atomic E-state index is 13.5. The van der Waals surface area contributed by atoms with Gasteiger partial charge in [0.05, 0.1) is 0 Å². The van der Waals surface area contributed by atoms with Crippen molar-refractivity contribution in [2.24, 2.45) is 34.5 Å². The minimum atomic E-state index is -0.762. The Morgan fingerprint density at radius 1 is 1.21 bits per heavy atom. The number of hydrogen-bond donors (Lipinski definition) is 1. The Labute approximate surface area is 166 Å². The van der Waals surface area contributed by atoms with Crippen molar-refractivity contribution in [3.8, 4) is 0 Å². The van der Waals surface area contributed by atoms with Crippen molar-refractivity contribution in [3.05, 3.63) is 35.5 Å². The smallest absolute Gasteiger partial charge is 0.303 e. The van der Waals surface area contributed by atoms with Crippen LogP contribution < -0.4 is 0 Å². The number of carbonyl (C=O) groups excluding carboxylic acids is 2. The molecule has 0 aromatic rings. The molecule has 0 aromatic carbocycles. The predicted molar refractivity (Wildman–Crippen MR) is 107 cm³/mol. The lowest BCUT2D eigenvalue weighted by atomic mass is 9.51. The van der Waals surface area contributed by atoms with Crippen molar-refractivity contribution in [2.75, 3.05) is 0 Å². The van der Waals surface area contributed by atoms with Crippen LogP contribution in [0.15, 0.2) is 35.5 Å². The Morgan fingerprint density at radius 2 is 1.96 bits per heavy atom. The first-order valence-electron chi connectivity index (χ1n) is 10.6. The Morgan fingerprint density at radius 3 is 2.68 bits per heavy atom. The first kappa shape index (κ1) is 19.4. The summed E-state index contributed by atoms with van der Waals surface area (Å²) in [4.78, 5) is 36.4. The zero-order valence-electron chi connectivity index (χ0n) is 17.0. The van der Waals surface area contributed by atoms with Gasteiger partial charge in [0.1, 0.15) is 0 Å². The fourth-order valence-electron chi connectivity index (χ4n) is 6.81. The highest BCUT2D eigenvalue weighted by atomic mass is 16.4. The minimum absolute atomic E-state index is 0.0479. The lowest BCUT2D eigenvalue weighted by molar-refractivity contribution is -0.137. The maximum Gasteiger partial charge on any atom is 0.303 e. The molecule has 150 valence electrons. The van der Waals surface area contributed by atoms with Crippen molar-refractivity contribution in [2.45, 2.75) is 59.3 Å². The molecule has 6 atom stereocenters. The van der Waals surface area contributed by atoms with Crippen molar-refractivity contribution < 1.29 is 19.5 Å². The third-order valence-corrected chi connectivity index (χ3v) is 8.42. The second kappa shape index (κ2) is 6.53. The zero-order chi connectivity index (χ0) is 20.3. The number of fused-ring (bicyclic) bond motifs is 5. The quantitative estimate of drug-likeness (QED) is 0.776. The van der Waals surface area contributed by atoms with Gasteiger partial charge in [-0.25, -0.2) is 0 Å². The monoisotopic (exact) mass is 382 g/mol. The van der Waals surface area contributed by atoms with Crippen LogP contribution in [-0.2, 0) is 14.4 Å². The topological polar surface area (TPSA) is 71.4 Å². The van der Waals surface area contributed by atoms with Crippen molar-refractivity contribution >= 4 is 17.5 Å². The van der Waals surface area contributed by atoms with Gasteiger partial charge in [-0.1, -0.05) is 25.5 Å². The Hall–Kier alpha value is -1.97. The Balaban J connectivity index is 1.68. The standard InChI is InChI=1S/C24H30O4/c1-14(4-9-22(27)28)18-7-8-19-17-6-5-15-12-16(25)10-11-23(15,2)20(17)13-21(26)24(18,19)3/h10-14,17-19H,4-9H2,1-3H3,(H,27,28)/t14-,17+,18-,19+,23+,24-/m1/s1. The van der Waals surface area contributed by atoms with Gasteiger partial charge in [-0.05, 0) is 86.5 Å². The molecule has 0 radical (unpaired) electrons. The number of rotatable bonds is 4. The second-order valence-corrected chi connectivity index (χ2v) is 9.70. The minimum Gasteiger partial charge on any atom is -0.481 e. The summed E-state index contributed by atoms with van der Waals surface area (Å²) >= 11 is 0. The second-order valence-electron chi connectivity index (χ2n) is 9.70. The number of carbonyl (C=O) groups is 3. The third-order valence-electron chi connectivity index (χ3n) is 8.42. The van der Waals surface area contributed by atoms with E-state index in [2.05, 4.69) is 20.8 Å². The van der Waals surface area contributed by atoms with Crippen LogP contribution in [0.3, 0.4) is 0 Å². The molecule has 0 spiro atoms. The molecule has 0 heterocycles. The lowest BCUT2D eigenvalue weighted by Gasteiger charge is -2.52. The van der Waals surface area contributed by atoms with Gasteiger partial charge in [-0.2, -0.15) is 0 Å². The van der Waals surface area contributed by atoms with Crippen LogP contribution in [0.1, 0.15) is 59.3 Å². The third kappa shape index (κ3) is 2.67. The number of carboxylic acids is 1. The molecule has 4 heteroatoms. The van der Waals surface area contributed by atoms with E-state index in [0.717, 1.165) is 31.3 Å². The number of hydrogen-bond acceptors (Lipinski definition) is 3. The van der Waals surface area contributed by atoms with E-state index in [9.17, 15) is 14.4 Å². The van der Waals surface area contributed by atoms with Gasteiger partial charge in [0.2, 0.25) is 0 Å². The largest absolute Gasteiger partial charge is 0.481 e. The Kier molecular flexibility index (Phi) is 4.52. The van der Waals surface area contributed by atoms with Gasteiger partial charge in [0.25, 0.3) is 0 Å². The van der Waals surface area contributed by atoms with Crippen LogP contribution in [0.4, 0.5) is 0 Å². The summed E-state index contributed by atoms with van der Waals surface area (Å²) in [5.74, 6) is 0.665. The average Bonchev–Trinajstić information content (AvgIpc) is 3.00. The van der Waals surface area contributed by atoms with Gasteiger partial charge in [-0.3, -0.25) is 14.4 Å². The van der Waals surface area contributed by atoms with E-state index >= 15 is 0 Å². The van der Waals surface area contributed by atoms with Gasteiger partial charge in [0, 0.05) is 17.3 Å². The molecule has 0 aliphatic heterocycles. The highest BCUT2D eigenvalue weighted by Crippen LogP contribution is 2.64. The summed E-state index contributed by atoms with van der Waals surface area (Å²) in [5, 5.41) is 9.05. The number of ketones is 2. The van der Waals surface area contributed by atoms with E-state index in [0.29, 0.717) is 18.3 Å². The molecule has 0 bridgehead atoms. The summed E-state index contributed by atoms with van der Waals surface area (Å²) in [5.41, 5.74) is 1.64. The molecular formula is C24H30O4. The number of aliphatic carboxylic acids is 1. The molecule has 2 fully saturated rings. The molecule has 0 aromatic heterocycles. The summed E-state index contributed by atoms with van der Waals surface area (Å²) in [7, 11) is 0. The molecule has 1 N–H and O–H groups in total. The van der Waals surface area contributed by atoms with E-state index in [1.165, 1.54) is 5.57 Å². The average molecular weight is 383 g/mol. The van der Waals surface area contributed by atoms with Crippen molar-refractivity contribution in [1.29, 1.82) is 0 Å². The maximum absolute atomic E-state index is 13.5. The summed E-state index contributed by atoms with van der Waals surface area (Å²) < 4.78 is 0. The molecule has 4 rings (SSSR count). The SMILES string of the molecule is C[C@H](CCC(=O)O)[C@H]1CC[C@H]2[C@@H]3CCC4=CC(=O)C=C[C@]4(C)C3=CC(=O)[C@]12C. The van der Waals surface area contributed by atoms with E-state index in [4.69, 9.17) is 5.11 Å². The van der Waals surface area contributed by atoms with Gasteiger partial charge >= 0.3 is 5.97 Å². The van der Waals surface area contributed by atoms with E-state index < -0.39 is 11.4 Å². The highest BCUT2D eigenvalue weighted by molar-refractivity contribution is 6.02. The molecule has 2 saturated carbocycles. The van der Waals surface area contributed by atoms with Crippen molar-refractivity contribution in [1.82, 2.24) is 0 Å². The molecule has 4 nitrogen and oxygen atoms in total. The van der Waals surface area contributed by atoms with Gasteiger partial charge in [0.15, 0.2) is 11.6 Å². The van der Waals surface area contributed by atoms with Crippen LogP contribution in [0.25, 0.3) is 0 Å². The van der Waals surface area contributed by atoms with Crippen LogP contribution in [-0.4, -0.2) is 22.6 Å². The van der Waals surface area contributed by atoms with Gasteiger partial charge < -0.3 is 5.11 Å².